The van der Waals surface area contributed by atoms with Gasteiger partial charge in [0.2, 0.25) is 0 Å². The Morgan fingerprint density at radius 1 is 1.19 bits per heavy atom. The Morgan fingerprint density at radius 3 is 2.48 bits per heavy atom. The lowest BCUT2D eigenvalue weighted by Gasteiger charge is -2.45. The summed E-state index contributed by atoms with van der Waals surface area (Å²) in [6.45, 7) is 8.62. The first-order chi connectivity index (χ1) is 9.99. The molecule has 114 valence electrons. The highest BCUT2D eigenvalue weighted by atomic mass is 32.2. The maximum atomic E-state index is 10.4. The van der Waals surface area contributed by atoms with E-state index >= 15 is 0 Å². The second-order valence-corrected chi connectivity index (χ2v) is 7.68. The number of aromatic hydroxyl groups is 1. The lowest BCUT2D eigenvalue weighted by atomic mass is 9.78. The predicted molar refractivity (Wildman–Crippen MR) is 87.5 cm³/mol. The van der Waals surface area contributed by atoms with Gasteiger partial charge >= 0.3 is 0 Å². The van der Waals surface area contributed by atoms with Gasteiger partial charge in [0.15, 0.2) is 0 Å². The fourth-order valence-corrected chi connectivity index (χ4v) is 5.11. The molecular weight excluding hydrogens is 282 g/mol. The molecule has 0 amide bonds. The molecule has 0 unspecified atom stereocenters. The summed E-state index contributed by atoms with van der Waals surface area (Å²) < 4.78 is 0.309. The molecule has 2 aliphatic rings. The van der Waals surface area contributed by atoms with E-state index in [9.17, 15) is 5.11 Å². The molecule has 1 fully saturated rings. The average molecular weight is 305 g/mol. The molecule has 1 aromatic rings. The minimum absolute atomic E-state index is 0.309. The van der Waals surface area contributed by atoms with Crippen LogP contribution in [0, 0.1) is 20.8 Å². The summed E-state index contributed by atoms with van der Waals surface area (Å²) in [5.74, 6) is 0.403. The number of nitrogens with zero attached hydrogens (tertiary/aromatic N) is 1. The van der Waals surface area contributed by atoms with E-state index in [2.05, 4.69) is 12.1 Å². The summed E-state index contributed by atoms with van der Waals surface area (Å²) in [4.78, 5) is 6.65. The summed E-state index contributed by atoms with van der Waals surface area (Å²) in [7, 11) is 0. The number of phenols is 1. The zero-order valence-electron chi connectivity index (χ0n) is 13.2. The Hall–Kier alpha value is -1.16. The second-order valence-electron chi connectivity index (χ2n) is 6.20. The monoisotopic (exact) mass is 305 g/mol. The number of oxime groups is 1. The lowest BCUT2D eigenvalue weighted by molar-refractivity contribution is 0.157. The molecule has 0 saturated heterocycles. The number of rotatable bonds is 2. The van der Waals surface area contributed by atoms with Crippen LogP contribution in [0.5, 0.6) is 5.75 Å². The highest BCUT2D eigenvalue weighted by Gasteiger charge is 2.45. The highest BCUT2D eigenvalue weighted by Crippen LogP contribution is 2.56. The summed E-state index contributed by atoms with van der Waals surface area (Å²) in [5.41, 5.74) is 5.24. The molecule has 1 heterocycles. The van der Waals surface area contributed by atoms with Crippen molar-refractivity contribution in [3.05, 3.63) is 22.3 Å². The van der Waals surface area contributed by atoms with Gasteiger partial charge in [-0.05, 0) is 51.7 Å². The van der Waals surface area contributed by atoms with E-state index in [0.29, 0.717) is 17.1 Å². The smallest absolute Gasteiger partial charge is 0.122 e. The number of fused-ring (bicyclic) bond motifs is 1. The van der Waals surface area contributed by atoms with Gasteiger partial charge in [0.25, 0.3) is 0 Å². The van der Waals surface area contributed by atoms with E-state index in [-0.39, 0.29) is 0 Å². The van der Waals surface area contributed by atoms with Crippen LogP contribution < -0.4 is 0 Å². The number of phenolic OH excluding ortho intramolecular Hbond substituents is 1. The van der Waals surface area contributed by atoms with Crippen LogP contribution in [0.1, 0.15) is 54.9 Å². The molecule has 3 nitrogen and oxygen atoms in total. The van der Waals surface area contributed by atoms with Gasteiger partial charge < -0.3 is 9.94 Å². The molecule has 4 heteroatoms. The van der Waals surface area contributed by atoms with E-state index < -0.39 is 0 Å². The Bertz CT molecular complexity index is 618. The number of hydrogen-bond donors (Lipinski definition) is 1. The van der Waals surface area contributed by atoms with Crippen molar-refractivity contribution in [1.82, 2.24) is 0 Å². The van der Waals surface area contributed by atoms with E-state index in [1.54, 1.807) is 0 Å². The normalized spacial score (nSPS) is 21.2. The van der Waals surface area contributed by atoms with Crippen LogP contribution in [0.2, 0.25) is 0 Å². The van der Waals surface area contributed by atoms with Gasteiger partial charge in [-0.3, -0.25) is 0 Å². The van der Waals surface area contributed by atoms with Gasteiger partial charge in [-0.15, -0.1) is 11.8 Å². The van der Waals surface area contributed by atoms with Gasteiger partial charge in [-0.25, -0.2) is 0 Å². The number of benzene rings is 1. The maximum absolute atomic E-state index is 10.4. The molecule has 0 bridgehead atoms. The third-order valence-corrected chi connectivity index (χ3v) is 6.58. The van der Waals surface area contributed by atoms with Gasteiger partial charge in [0, 0.05) is 27.2 Å². The topological polar surface area (TPSA) is 41.8 Å². The third-order valence-electron chi connectivity index (χ3n) is 4.88. The fourth-order valence-electron chi connectivity index (χ4n) is 3.30. The minimum Gasteiger partial charge on any atom is -0.507 e. The van der Waals surface area contributed by atoms with E-state index in [1.807, 2.05) is 32.5 Å². The van der Waals surface area contributed by atoms with Gasteiger partial charge in [-0.1, -0.05) is 11.6 Å². The maximum Gasteiger partial charge on any atom is 0.122 e. The molecule has 1 N–H and O–H groups in total. The Balaban J connectivity index is 2.19. The van der Waals surface area contributed by atoms with Crippen LogP contribution in [-0.2, 0) is 4.84 Å². The first-order valence-corrected chi connectivity index (χ1v) is 8.51. The largest absolute Gasteiger partial charge is 0.507 e. The zero-order valence-corrected chi connectivity index (χ0v) is 14.1. The summed E-state index contributed by atoms with van der Waals surface area (Å²) >= 11 is 2.00. The van der Waals surface area contributed by atoms with Crippen LogP contribution in [0.25, 0.3) is 0 Å². The number of thioether (sulfide) groups is 1. The summed E-state index contributed by atoms with van der Waals surface area (Å²) in [5, 5.41) is 14.8. The molecule has 1 aliphatic heterocycles. The first kappa shape index (κ1) is 14.8. The van der Waals surface area contributed by atoms with Gasteiger partial charge in [0.1, 0.15) is 12.4 Å². The molecule has 0 radical (unpaired) electrons. The van der Waals surface area contributed by atoms with E-state index in [4.69, 9.17) is 4.84 Å². The molecule has 1 spiro atoms. The molecule has 3 rings (SSSR count). The number of hydrogen-bond acceptors (Lipinski definition) is 4. The second kappa shape index (κ2) is 5.24. The standard InChI is InChI=1S/C17H23NO2S/c1-5-20-18-13-9-17(7-6-8-17)21-16-11(3)10(2)15(19)12(4)14(13)16/h19H,5-9H2,1-4H3/b18-13+. The van der Waals surface area contributed by atoms with Crippen molar-refractivity contribution in [3.63, 3.8) is 0 Å². The van der Waals surface area contributed by atoms with E-state index in [1.165, 1.54) is 29.7 Å². The van der Waals surface area contributed by atoms with Crippen molar-refractivity contribution >= 4 is 17.5 Å². The zero-order chi connectivity index (χ0) is 15.2. The Kier molecular flexibility index (Phi) is 3.68. The van der Waals surface area contributed by atoms with Crippen LogP contribution in [0.15, 0.2) is 10.1 Å². The Morgan fingerprint density at radius 2 is 1.90 bits per heavy atom. The Labute approximate surface area is 130 Å². The van der Waals surface area contributed by atoms with Crippen molar-refractivity contribution in [3.8, 4) is 5.75 Å². The lowest BCUT2D eigenvalue weighted by Crippen LogP contribution is -2.39. The van der Waals surface area contributed by atoms with Crippen LogP contribution >= 0.6 is 11.8 Å². The molecule has 0 aromatic heterocycles. The molecule has 1 aromatic carbocycles. The SMILES string of the molecule is CCO/N=C1\CC2(CCC2)Sc2c(C)c(C)c(O)c(C)c21. The summed E-state index contributed by atoms with van der Waals surface area (Å²) in [6.07, 6.45) is 4.76. The minimum atomic E-state index is 0.309. The van der Waals surface area contributed by atoms with Crippen LogP contribution in [0.3, 0.4) is 0 Å². The van der Waals surface area contributed by atoms with Crippen LogP contribution in [0.4, 0.5) is 0 Å². The summed E-state index contributed by atoms with van der Waals surface area (Å²) in [6, 6.07) is 0. The van der Waals surface area contributed by atoms with Crippen molar-refractivity contribution in [1.29, 1.82) is 0 Å². The average Bonchev–Trinajstić information content (AvgIpc) is 2.46. The fraction of sp³-hybridized carbons (Fsp3) is 0.588. The molecule has 1 saturated carbocycles. The van der Waals surface area contributed by atoms with Crippen LogP contribution in [-0.4, -0.2) is 22.2 Å². The van der Waals surface area contributed by atoms with Crippen molar-refractivity contribution < 1.29 is 9.94 Å². The van der Waals surface area contributed by atoms with Gasteiger partial charge in [-0.2, -0.15) is 0 Å². The van der Waals surface area contributed by atoms with Crippen molar-refractivity contribution in [2.24, 2.45) is 5.16 Å². The third kappa shape index (κ3) is 2.24. The van der Waals surface area contributed by atoms with Crippen molar-refractivity contribution in [2.75, 3.05) is 6.61 Å². The van der Waals surface area contributed by atoms with Gasteiger partial charge in [0.05, 0.1) is 5.71 Å². The molecular formula is C17H23NO2S. The molecule has 0 atom stereocenters. The molecule has 1 aliphatic carbocycles. The quantitative estimate of drug-likeness (QED) is 0.819. The predicted octanol–water partition coefficient (Wildman–Crippen LogP) is 4.48. The van der Waals surface area contributed by atoms with Crippen molar-refractivity contribution in [2.45, 2.75) is 63.0 Å². The first-order valence-electron chi connectivity index (χ1n) is 7.70. The highest BCUT2D eigenvalue weighted by molar-refractivity contribution is 8.01. The molecule has 21 heavy (non-hydrogen) atoms. The van der Waals surface area contributed by atoms with E-state index in [0.717, 1.165) is 28.8 Å².